The molecule has 3 heterocycles. The molecule has 22 heavy (non-hydrogen) atoms. The van der Waals surface area contributed by atoms with E-state index < -0.39 is 0 Å². The van der Waals surface area contributed by atoms with E-state index in [-0.39, 0.29) is 12.2 Å². The van der Waals surface area contributed by atoms with Crippen molar-refractivity contribution in [3.63, 3.8) is 0 Å². The Hall–Kier alpha value is -1.64. The lowest BCUT2D eigenvalue weighted by Gasteiger charge is -2.04. The van der Waals surface area contributed by atoms with Gasteiger partial charge < -0.3 is 14.7 Å². The number of hydrogen-bond donors (Lipinski definition) is 2. The number of aliphatic hydroxyl groups excluding tert-OH is 1. The van der Waals surface area contributed by atoms with Crippen LogP contribution in [0.4, 0.5) is 0 Å². The lowest BCUT2D eigenvalue weighted by Crippen LogP contribution is -2.11. The molecule has 2 N–H and O–H groups in total. The molecule has 0 unspecified atom stereocenters. The molecule has 8 heteroatoms. The van der Waals surface area contributed by atoms with Crippen LogP contribution in [0.25, 0.3) is 10.2 Å². The first-order valence-electron chi connectivity index (χ1n) is 6.74. The first-order chi connectivity index (χ1) is 10.5. The van der Waals surface area contributed by atoms with Crippen LogP contribution in [-0.4, -0.2) is 24.6 Å². The van der Waals surface area contributed by atoms with E-state index in [0.29, 0.717) is 17.0 Å². The number of imidazole rings is 1. The van der Waals surface area contributed by atoms with Gasteiger partial charge in [0.25, 0.3) is 5.56 Å². The summed E-state index contributed by atoms with van der Waals surface area (Å²) in [5.41, 5.74) is 1.67. The summed E-state index contributed by atoms with van der Waals surface area (Å²) in [6, 6.07) is 0. The second-order valence-electron chi connectivity index (χ2n) is 5.01. The van der Waals surface area contributed by atoms with Gasteiger partial charge in [0, 0.05) is 11.9 Å². The van der Waals surface area contributed by atoms with E-state index in [0.717, 1.165) is 26.1 Å². The second-order valence-corrected chi connectivity index (χ2v) is 7.16. The quantitative estimate of drug-likeness (QED) is 0.713. The smallest absolute Gasteiger partial charge is 0.259 e. The van der Waals surface area contributed by atoms with Crippen molar-refractivity contribution >= 4 is 33.3 Å². The number of hydrogen-bond acceptors (Lipinski definition) is 6. The molecule has 0 aliphatic rings. The van der Waals surface area contributed by atoms with E-state index >= 15 is 0 Å². The highest BCUT2D eigenvalue weighted by molar-refractivity contribution is 7.98. The monoisotopic (exact) mass is 336 g/mol. The molecule has 3 rings (SSSR count). The number of aromatic nitrogens is 4. The van der Waals surface area contributed by atoms with Crippen LogP contribution in [0.2, 0.25) is 0 Å². The molecule has 0 aliphatic carbocycles. The van der Waals surface area contributed by atoms with Crippen LogP contribution in [-0.2, 0) is 19.4 Å². The van der Waals surface area contributed by atoms with Crippen LogP contribution < -0.4 is 5.56 Å². The maximum absolute atomic E-state index is 12.2. The molecule has 0 saturated carbocycles. The zero-order valence-electron chi connectivity index (χ0n) is 12.5. The van der Waals surface area contributed by atoms with Crippen molar-refractivity contribution in [2.75, 3.05) is 0 Å². The van der Waals surface area contributed by atoms with Gasteiger partial charge in [-0.15, -0.1) is 11.3 Å². The summed E-state index contributed by atoms with van der Waals surface area (Å²) < 4.78 is 1.83. The topological polar surface area (TPSA) is 83.8 Å². The summed E-state index contributed by atoms with van der Waals surface area (Å²) in [4.78, 5) is 25.8. The van der Waals surface area contributed by atoms with Gasteiger partial charge in [0.1, 0.15) is 10.7 Å². The largest absolute Gasteiger partial charge is 0.390 e. The lowest BCUT2D eigenvalue weighted by atomic mass is 10.2. The highest BCUT2D eigenvalue weighted by atomic mass is 32.2. The summed E-state index contributed by atoms with van der Waals surface area (Å²) in [7, 11) is 1.85. The molecule has 116 valence electrons. The van der Waals surface area contributed by atoms with Gasteiger partial charge in [-0.25, -0.2) is 9.97 Å². The highest BCUT2D eigenvalue weighted by Crippen LogP contribution is 2.27. The lowest BCUT2D eigenvalue weighted by molar-refractivity contribution is 0.271. The van der Waals surface area contributed by atoms with E-state index in [1.807, 2.05) is 25.5 Å². The summed E-state index contributed by atoms with van der Waals surface area (Å²) in [6.07, 6.45) is 1.65. The minimum atomic E-state index is -0.0849. The summed E-state index contributed by atoms with van der Waals surface area (Å²) >= 11 is 3.02. The number of nitrogens with zero attached hydrogens (tertiary/aromatic N) is 3. The molecule has 0 amide bonds. The van der Waals surface area contributed by atoms with Gasteiger partial charge in [-0.1, -0.05) is 11.8 Å². The zero-order chi connectivity index (χ0) is 15.9. The highest BCUT2D eigenvalue weighted by Gasteiger charge is 2.13. The van der Waals surface area contributed by atoms with Gasteiger partial charge in [-0.05, 0) is 19.4 Å². The second kappa shape index (κ2) is 5.86. The third-order valence-electron chi connectivity index (χ3n) is 3.63. The van der Waals surface area contributed by atoms with Crippen molar-refractivity contribution in [2.45, 2.75) is 31.4 Å². The van der Waals surface area contributed by atoms with E-state index in [1.165, 1.54) is 11.8 Å². The zero-order valence-corrected chi connectivity index (χ0v) is 14.1. The third kappa shape index (κ3) is 2.57. The summed E-state index contributed by atoms with van der Waals surface area (Å²) in [5, 5.41) is 10.6. The maximum Gasteiger partial charge on any atom is 0.259 e. The molecule has 0 saturated heterocycles. The van der Waals surface area contributed by atoms with Crippen molar-refractivity contribution in [3.8, 4) is 0 Å². The maximum atomic E-state index is 12.2. The van der Waals surface area contributed by atoms with E-state index in [2.05, 4.69) is 15.0 Å². The van der Waals surface area contributed by atoms with Gasteiger partial charge in [-0.3, -0.25) is 4.79 Å². The number of aromatic amines is 1. The Labute approximate surface area is 135 Å². The fourth-order valence-corrected chi connectivity index (χ4v) is 4.10. The number of thiophene rings is 1. The van der Waals surface area contributed by atoms with Gasteiger partial charge in [-0.2, -0.15) is 0 Å². The molecule has 3 aromatic heterocycles. The SMILES string of the molecule is Cc1sc2nc(CSc3ncc(CO)n3C)[nH]c(=O)c2c1C. The molecule has 0 bridgehead atoms. The average molecular weight is 336 g/mol. The summed E-state index contributed by atoms with van der Waals surface area (Å²) in [5.74, 6) is 1.16. The van der Waals surface area contributed by atoms with Crippen molar-refractivity contribution < 1.29 is 5.11 Å². The average Bonchev–Trinajstić information content (AvgIpc) is 2.97. The first-order valence-corrected chi connectivity index (χ1v) is 8.54. The molecule has 0 aliphatic heterocycles. The molecule has 0 fully saturated rings. The summed E-state index contributed by atoms with van der Waals surface area (Å²) in [6.45, 7) is 3.91. The molecule has 0 atom stereocenters. The normalized spacial score (nSPS) is 11.5. The Kier molecular flexibility index (Phi) is 4.07. The van der Waals surface area contributed by atoms with Crippen LogP contribution >= 0.6 is 23.1 Å². The van der Waals surface area contributed by atoms with Crippen LogP contribution in [0.5, 0.6) is 0 Å². The molecule has 6 nitrogen and oxygen atoms in total. The molecular weight excluding hydrogens is 320 g/mol. The third-order valence-corrected chi connectivity index (χ3v) is 5.79. The number of H-pyrrole nitrogens is 1. The van der Waals surface area contributed by atoms with Crippen molar-refractivity contribution in [1.82, 2.24) is 19.5 Å². The van der Waals surface area contributed by atoms with Gasteiger partial charge in [0.15, 0.2) is 5.16 Å². The standard InChI is InChI=1S/C14H16N4O2S2/c1-7-8(2)22-13-11(7)12(20)16-10(17-13)6-21-14-15-4-9(5-19)18(14)3/h4,19H,5-6H2,1-3H3,(H,16,17,20). The van der Waals surface area contributed by atoms with Crippen LogP contribution in [0, 0.1) is 13.8 Å². The predicted molar refractivity (Wildman–Crippen MR) is 88.4 cm³/mol. The first kappa shape index (κ1) is 15.3. The predicted octanol–water partition coefficient (Wildman–Crippen LogP) is 2.12. The van der Waals surface area contributed by atoms with E-state index in [9.17, 15) is 9.90 Å². The molecule has 0 radical (unpaired) electrons. The minimum absolute atomic E-state index is 0.0428. The Morgan fingerprint density at radius 3 is 2.91 bits per heavy atom. The molecule has 0 aromatic carbocycles. The Balaban J connectivity index is 1.88. The van der Waals surface area contributed by atoms with Gasteiger partial charge in [0.2, 0.25) is 0 Å². The number of aliphatic hydroxyl groups is 1. The van der Waals surface area contributed by atoms with Crippen molar-refractivity contribution in [2.24, 2.45) is 7.05 Å². The number of fused-ring (bicyclic) bond motifs is 1. The molecule has 0 spiro atoms. The molecular formula is C14H16N4O2S2. The molecule has 3 aromatic rings. The van der Waals surface area contributed by atoms with Crippen molar-refractivity contribution in [1.29, 1.82) is 0 Å². The van der Waals surface area contributed by atoms with E-state index in [1.54, 1.807) is 17.5 Å². The van der Waals surface area contributed by atoms with Crippen LogP contribution in [0.3, 0.4) is 0 Å². The fourth-order valence-electron chi connectivity index (χ4n) is 2.21. The van der Waals surface area contributed by atoms with Gasteiger partial charge in [0.05, 0.1) is 29.6 Å². The number of rotatable bonds is 4. The van der Waals surface area contributed by atoms with Crippen LogP contribution in [0.1, 0.15) is 22.0 Å². The van der Waals surface area contributed by atoms with Gasteiger partial charge >= 0.3 is 0 Å². The fraction of sp³-hybridized carbons (Fsp3) is 0.357. The number of thioether (sulfide) groups is 1. The Morgan fingerprint density at radius 2 is 2.23 bits per heavy atom. The number of nitrogens with one attached hydrogen (secondary N) is 1. The minimum Gasteiger partial charge on any atom is -0.390 e. The van der Waals surface area contributed by atoms with Crippen LogP contribution in [0.15, 0.2) is 16.1 Å². The van der Waals surface area contributed by atoms with E-state index in [4.69, 9.17) is 0 Å². The number of aryl methyl sites for hydroxylation is 2. The Morgan fingerprint density at radius 1 is 1.45 bits per heavy atom. The Bertz CT molecular complexity index is 894. The van der Waals surface area contributed by atoms with Crippen molar-refractivity contribution in [3.05, 3.63) is 38.5 Å².